The molecule has 0 spiro atoms. The van der Waals surface area contributed by atoms with Gasteiger partial charge < -0.3 is 13.8 Å². The summed E-state index contributed by atoms with van der Waals surface area (Å²) >= 11 is 0. The summed E-state index contributed by atoms with van der Waals surface area (Å²) in [5, 5.41) is 4.03. The molecule has 1 aromatic carbocycles. The average molecular weight is 310 g/mol. The van der Waals surface area contributed by atoms with E-state index in [0.29, 0.717) is 18.9 Å². The molecule has 3 aromatic rings. The summed E-state index contributed by atoms with van der Waals surface area (Å²) in [7, 11) is 1.62. The van der Waals surface area contributed by atoms with Crippen LogP contribution in [-0.2, 0) is 17.9 Å². The van der Waals surface area contributed by atoms with Crippen molar-refractivity contribution in [1.29, 1.82) is 0 Å². The lowest BCUT2D eigenvalue weighted by molar-refractivity contribution is 0.177. The zero-order valence-corrected chi connectivity index (χ0v) is 13.2. The zero-order chi connectivity index (χ0) is 16.2. The molecule has 118 valence electrons. The van der Waals surface area contributed by atoms with E-state index < -0.39 is 0 Å². The average Bonchev–Trinajstić information content (AvgIpc) is 2.92. The summed E-state index contributed by atoms with van der Waals surface area (Å²) in [5.74, 6) is 0.710. The number of aryl methyl sites for hydroxylation is 1. The Labute approximate surface area is 134 Å². The molecule has 0 atom stereocenters. The summed E-state index contributed by atoms with van der Waals surface area (Å²) in [6.45, 7) is 2.75. The highest BCUT2D eigenvalue weighted by Crippen LogP contribution is 2.27. The highest BCUT2D eigenvalue weighted by Gasteiger charge is 2.15. The van der Waals surface area contributed by atoms with Gasteiger partial charge >= 0.3 is 0 Å². The van der Waals surface area contributed by atoms with Gasteiger partial charge in [-0.05, 0) is 18.6 Å². The molecule has 0 fully saturated rings. The molecule has 0 unspecified atom stereocenters. The van der Waals surface area contributed by atoms with E-state index in [1.54, 1.807) is 23.8 Å². The first-order valence-electron chi connectivity index (χ1n) is 7.38. The van der Waals surface area contributed by atoms with Gasteiger partial charge in [-0.3, -0.25) is 4.79 Å². The third-order valence-electron chi connectivity index (χ3n) is 3.68. The molecular formula is C18H18N2O3. The zero-order valence-electron chi connectivity index (χ0n) is 13.2. The summed E-state index contributed by atoms with van der Waals surface area (Å²) in [6, 6.07) is 13.3. The van der Waals surface area contributed by atoms with Gasteiger partial charge in [-0.1, -0.05) is 35.5 Å². The molecule has 0 aliphatic heterocycles. The number of rotatable bonds is 5. The van der Waals surface area contributed by atoms with Crippen molar-refractivity contribution in [1.82, 2.24) is 9.72 Å². The lowest BCUT2D eigenvalue weighted by atomic mass is 10.1. The predicted molar refractivity (Wildman–Crippen MR) is 87.2 cm³/mol. The van der Waals surface area contributed by atoms with Crippen LogP contribution in [0.2, 0.25) is 0 Å². The summed E-state index contributed by atoms with van der Waals surface area (Å²) in [4.78, 5) is 12.1. The smallest absolute Gasteiger partial charge is 0.250 e. The normalized spacial score (nSPS) is 10.9. The van der Waals surface area contributed by atoms with Gasteiger partial charge in [0.2, 0.25) is 0 Å². The van der Waals surface area contributed by atoms with Crippen LogP contribution < -0.4 is 5.56 Å². The van der Waals surface area contributed by atoms with Crippen molar-refractivity contribution in [3.05, 3.63) is 76.0 Å². The van der Waals surface area contributed by atoms with Crippen LogP contribution in [0.3, 0.4) is 0 Å². The van der Waals surface area contributed by atoms with Crippen LogP contribution in [0.15, 0.2) is 58.0 Å². The molecule has 5 nitrogen and oxygen atoms in total. The predicted octanol–water partition coefficient (Wildman–Crippen LogP) is 3.01. The van der Waals surface area contributed by atoms with Crippen LogP contribution in [0, 0.1) is 6.92 Å². The Hall–Kier alpha value is -2.66. The van der Waals surface area contributed by atoms with Crippen molar-refractivity contribution in [2.45, 2.75) is 20.1 Å². The molecule has 23 heavy (non-hydrogen) atoms. The lowest BCUT2D eigenvalue weighted by Crippen LogP contribution is -2.19. The molecule has 0 aliphatic rings. The molecule has 0 saturated carbocycles. The fraction of sp³-hybridized carbons (Fsp3) is 0.222. The van der Waals surface area contributed by atoms with Gasteiger partial charge in [0.25, 0.3) is 5.56 Å². The molecular weight excluding hydrogens is 292 g/mol. The fourth-order valence-corrected chi connectivity index (χ4v) is 2.61. The van der Waals surface area contributed by atoms with Gasteiger partial charge in [0.1, 0.15) is 11.5 Å². The molecule has 0 bridgehead atoms. The SMILES string of the molecule is COCc1noc(C)c1-c1ccc(=O)n(Cc2ccccc2)c1. The third-order valence-corrected chi connectivity index (χ3v) is 3.68. The minimum Gasteiger partial charge on any atom is -0.378 e. The summed E-state index contributed by atoms with van der Waals surface area (Å²) in [6.07, 6.45) is 1.84. The monoisotopic (exact) mass is 310 g/mol. The minimum absolute atomic E-state index is 0.0417. The van der Waals surface area contributed by atoms with Crippen molar-refractivity contribution < 1.29 is 9.26 Å². The van der Waals surface area contributed by atoms with E-state index in [4.69, 9.17) is 9.26 Å². The molecule has 2 heterocycles. The van der Waals surface area contributed by atoms with E-state index in [0.717, 1.165) is 22.4 Å². The highest BCUT2D eigenvalue weighted by molar-refractivity contribution is 5.66. The van der Waals surface area contributed by atoms with Crippen LogP contribution in [0.4, 0.5) is 0 Å². The Balaban J connectivity index is 2.01. The van der Waals surface area contributed by atoms with Crippen LogP contribution in [0.5, 0.6) is 0 Å². The molecule has 0 aliphatic carbocycles. The maximum atomic E-state index is 12.1. The standard InChI is InChI=1S/C18H18N2O3/c1-13-18(16(12-22-2)19-23-13)15-8-9-17(21)20(11-15)10-14-6-4-3-5-7-14/h3-9,11H,10,12H2,1-2H3. The van der Waals surface area contributed by atoms with Gasteiger partial charge in [0, 0.05) is 24.9 Å². The number of nitrogens with zero attached hydrogens (tertiary/aromatic N) is 2. The Bertz CT molecular complexity index is 850. The van der Waals surface area contributed by atoms with Gasteiger partial charge in [-0.15, -0.1) is 0 Å². The van der Waals surface area contributed by atoms with E-state index in [9.17, 15) is 4.79 Å². The molecule has 2 aromatic heterocycles. The largest absolute Gasteiger partial charge is 0.378 e. The second-order valence-electron chi connectivity index (χ2n) is 5.36. The van der Waals surface area contributed by atoms with Crippen molar-refractivity contribution in [3.8, 4) is 11.1 Å². The number of ether oxygens (including phenoxy) is 1. The summed E-state index contributed by atoms with van der Waals surface area (Å²) in [5.41, 5.74) is 3.54. The molecule has 0 N–H and O–H groups in total. The molecule has 5 heteroatoms. The third kappa shape index (κ3) is 3.24. The van der Waals surface area contributed by atoms with Gasteiger partial charge in [-0.25, -0.2) is 0 Å². The Kier molecular flexibility index (Phi) is 4.39. The maximum absolute atomic E-state index is 12.1. The molecule has 0 saturated heterocycles. The van der Waals surface area contributed by atoms with E-state index in [2.05, 4.69) is 5.16 Å². The second kappa shape index (κ2) is 6.62. The van der Waals surface area contributed by atoms with Crippen LogP contribution in [0.1, 0.15) is 17.0 Å². The van der Waals surface area contributed by atoms with Crippen molar-refractivity contribution in [2.24, 2.45) is 0 Å². The maximum Gasteiger partial charge on any atom is 0.250 e. The van der Waals surface area contributed by atoms with E-state index >= 15 is 0 Å². The number of pyridine rings is 1. The number of benzene rings is 1. The van der Waals surface area contributed by atoms with Crippen LogP contribution in [-0.4, -0.2) is 16.8 Å². The highest BCUT2D eigenvalue weighted by atomic mass is 16.5. The fourth-order valence-electron chi connectivity index (χ4n) is 2.61. The number of hydrogen-bond acceptors (Lipinski definition) is 4. The number of hydrogen-bond donors (Lipinski definition) is 0. The van der Waals surface area contributed by atoms with E-state index in [1.807, 2.05) is 43.5 Å². The molecule has 0 amide bonds. The van der Waals surface area contributed by atoms with Crippen molar-refractivity contribution >= 4 is 0 Å². The number of aromatic nitrogens is 2. The Morgan fingerprint density at radius 1 is 1.17 bits per heavy atom. The van der Waals surface area contributed by atoms with Crippen LogP contribution >= 0.6 is 0 Å². The number of methoxy groups -OCH3 is 1. The van der Waals surface area contributed by atoms with E-state index in [-0.39, 0.29) is 5.56 Å². The first kappa shape index (κ1) is 15.2. The Morgan fingerprint density at radius 3 is 2.70 bits per heavy atom. The molecule has 0 radical (unpaired) electrons. The second-order valence-corrected chi connectivity index (χ2v) is 5.36. The lowest BCUT2D eigenvalue weighted by Gasteiger charge is -2.09. The van der Waals surface area contributed by atoms with E-state index in [1.165, 1.54) is 0 Å². The minimum atomic E-state index is -0.0417. The van der Waals surface area contributed by atoms with Crippen molar-refractivity contribution in [3.63, 3.8) is 0 Å². The topological polar surface area (TPSA) is 57.3 Å². The first-order valence-corrected chi connectivity index (χ1v) is 7.38. The van der Waals surface area contributed by atoms with Gasteiger partial charge in [0.15, 0.2) is 0 Å². The first-order chi connectivity index (χ1) is 11.2. The van der Waals surface area contributed by atoms with Gasteiger partial charge in [0.05, 0.1) is 18.7 Å². The molecule has 3 rings (SSSR count). The van der Waals surface area contributed by atoms with Crippen molar-refractivity contribution in [2.75, 3.05) is 7.11 Å². The van der Waals surface area contributed by atoms with Gasteiger partial charge in [-0.2, -0.15) is 0 Å². The summed E-state index contributed by atoms with van der Waals surface area (Å²) < 4.78 is 12.1. The van der Waals surface area contributed by atoms with Crippen LogP contribution in [0.25, 0.3) is 11.1 Å². The Morgan fingerprint density at radius 2 is 1.96 bits per heavy atom. The quantitative estimate of drug-likeness (QED) is 0.727.